The maximum Gasteiger partial charge on any atom is 0.0640 e. The minimum atomic E-state index is 1.13. The summed E-state index contributed by atoms with van der Waals surface area (Å²) in [6.07, 6.45) is 0. The number of fused-ring (bicyclic) bond motifs is 6. The van der Waals surface area contributed by atoms with Crippen molar-refractivity contribution in [1.29, 1.82) is 0 Å². The highest BCUT2D eigenvalue weighted by Gasteiger charge is 2.18. The smallest absolute Gasteiger partial charge is 0.0640 e. The Hall–Kier alpha value is -6.00. The standard InChI is InChI=1S/C48H31NS2/c1-2-9-32(10-3-1)34-21-26-38(27-22-34)49(44-14-8-13-42-40-11-4-7-16-46(40)51-48(42)44)39-28-23-35(24-29-39)33-17-19-36(20-18-33)37-25-30-47-43(31-37)41-12-5-6-15-45(41)50-47/h1-31H. The van der Waals surface area contributed by atoms with Gasteiger partial charge in [-0.25, -0.2) is 0 Å². The highest BCUT2D eigenvalue weighted by atomic mass is 32.1. The van der Waals surface area contributed by atoms with E-state index in [1.165, 1.54) is 79.4 Å². The zero-order valence-electron chi connectivity index (χ0n) is 27.7. The largest absolute Gasteiger partial charge is 0.309 e. The molecule has 2 heterocycles. The third kappa shape index (κ3) is 5.30. The molecule has 51 heavy (non-hydrogen) atoms. The van der Waals surface area contributed by atoms with Gasteiger partial charge in [-0.1, -0.05) is 133 Å². The highest BCUT2D eigenvalue weighted by Crippen LogP contribution is 2.45. The Labute approximate surface area is 304 Å². The molecule has 240 valence electrons. The van der Waals surface area contributed by atoms with Crippen LogP contribution < -0.4 is 4.90 Å². The molecule has 0 saturated carbocycles. The van der Waals surface area contributed by atoms with Gasteiger partial charge in [-0.15, -0.1) is 22.7 Å². The minimum absolute atomic E-state index is 1.13. The van der Waals surface area contributed by atoms with Crippen molar-refractivity contribution in [3.8, 4) is 33.4 Å². The maximum atomic E-state index is 2.41. The second-order valence-corrected chi connectivity index (χ2v) is 15.1. The topological polar surface area (TPSA) is 3.24 Å². The molecule has 0 aliphatic rings. The van der Waals surface area contributed by atoms with E-state index in [2.05, 4.69) is 193 Å². The van der Waals surface area contributed by atoms with E-state index in [9.17, 15) is 0 Å². The molecule has 10 aromatic rings. The number of thiophene rings is 2. The third-order valence-corrected chi connectivity index (χ3v) is 12.3. The summed E-state index contributed by atoms with van der Waals surface area (Å²) >= 11 is 3.73. The summed E-state index contributed by atoms with van der Waals surface area (Å²) in [6.45, 7) is 0. The van der Waals surface area contributed by atoms with Gasteiger partial charge in [-0.05, 0) is 88.0 Å². The lowest BCUT2D eigenvalue weighted by atomic mass is 9.99. The van der Waals surface area contributed by atoms with Crippen LogP contribution in [0, 0.1) is 0 Å². The zero-order chi connectivity index (χ0) is 33.7. The number of hydrogen-bond donors (Lipinski definition) is 0. The monoisotopic (exact) mass is 685 g/mol. The number of anilines is 3. The van der Waals surface area contributed by atoms with Crippen LogP contribution in [0.1, 0.15) is 0 Å². The molecule has 0 aliphatic heterocycles. The Kier molecular flexibility index (Phi) is 7.26. The van der Waals surface area contributed by atoms with Gasteiger partial charge >= 0.3 is 0 Å². The van der Waals surface area contributed by atoms with E-state index in [4.69, 9.17) is 0 Å². The van der Waals surface area contributed by atoms with Crippen molar-refractivity contribution in [2.75, 3.05) is 4.90 Å². The lowest BCUT2D eigenvalue weighted by Gasteiger charge is -2.26. The van der Waals surface area contributed by atoms with Gasteiger partial charge < -0.3 is 4.90 Å². The fraction of sp³-hybridized carbons (Fsp3) is 0. The lowest BCUT2D eigenvalue weighted by molar-refractivity contribution is 1.30. The van der Waals surface area contributed by atoms with Crippen LogP contribution >= 0.6 is 22.7 Å². The fourth-order valence-electron chi connectivity index (χ4n) is 7.33. The zero-order valence-corrected chi connectivity index (χ0v) is 29.3. The van der Waals surface area contributed by atoms with Crippen LogP contribution in [0.3, 0.4) is 0 Å². The summed E-state index contributed by atoms with van der Waals surface area (Å²) < 4.78 is 5.27. The minimum Gasteiger partial charge on any atom is -0.309 e. The van der Waals surface area contributed by atoms with Gasteiger partial charge in [0.25, 0.3) is 0 Å². The number of hydrogen-bond acceptors (Lipinski definition) is 3. The van der Waals surface area contributed by atoms with Crippen LogP contribution in [0.4, 0.5) is 17.1 Å². The van der Waals surface area contributed by atoms with Gasteiger partial charge in [0.05, 0.1) is 10.4 Å². The molecule has 8 aromatic carbocycles. The number of rotatable bonds is 6. The Morgan fingerprint density at radius 1 is 0.294 bits per heavy atom. The predicted octanol–water partition coefficient (Wildman–Crippen LogP) is 14.9. The number of benzene rings is 8. The molecule has 0 saturated heterocycles. The first-order chi connectivity index (χ1) is 25.3. The quantitative estimate of drug-likeness (QED) is 0.168. The Bertz CT molecular complexity index is 2830. The molecular formula is C48H31NS2. The molecule has 0 spiro atoms. The van der Waals surface area contributed by atoms with Crippen molar-refractivity contribution in [2.45, 2.75) is 0 Å². The van der Waals surface area contributed by atoms with Crippen molar-refractivity contribution >= 4 is 80.1 Å². The fourth-order valence-corrected chi connectivity index (χ4v) is 9.63. The molecule has 0 bridgehead atoms. The molecule has 10 rings (SSSR count). The van der Waals surface area contributed by atoms with Gasteiger partial charge in [-0.2, -0.15) is 0 Å². The van der Waals surface area contributed by atoms with E-state index in [0.29, 0.717) is 0 Å². The summed E-state index contributed by atoms with van der Waals surface area (Å²) in [5, 5.41) is 5.27. The molecular weight excluding hydrogens is 655 g/mol. The highest BCUT2D eigenvalue weighted by molar-refractivity contribution is 7.26. The Balaban J connectivity index is 1.02. The molecule has 0 aliphatic carbocycles. The average Bonchev–Trinajstić information content (AvgIpc) is 3.78. The molecule has 0 N–H and O–H groups in total. The second kappa shape index (κ2) is 12.4. The van der Waals surface area contributed by atoms with Gasteiger partial charge in [0, 0.05) is 47.0 Å². The van der Waals surface area contributed by atoms with E-state index in [1.807, 2.05) is 22.7 Å². The molecule has 0 unspecified atom stereocenters. The van der Waals surface area contributed by atoms with Crippen molar-refractivity contribution in [3.63, 3.8) is 0 Å². The summed E-state index contributed by atoms with van der Waals surface area (Å²) in [7, 11) is 0. The van der Waals surface area contributed by atoms with Crippen molar-refractivity contribution in [1.82, 2.24) is 0 Å². The maximum absolute atomic E-state index is 2.41. The van der Waals surface area contributed by atoms with Crippen LogP contribution in [0.2, 0.25) is 0 Å². The molecule has 0 atom stereocenters. The van der Waals surface area contributed by atoms with Crippen LogP contribution in [0.15, 0.2) is 188 Å². The van der Waals surface area contributed by atoms with Gasteiger partial charge in [0.2, 0.25) is 0 Å². The van der Waals surface area contributed by atoms with Crippen molar-refractivity contribution < 1.29 is 0 Å². The molecule has 0 fully saturated rings. The number of nitrogens with zero attached hydrogens (tertiary/aromatic N) is 1. The van der Waals surface area contributed by atoms with E-state index in [1.54, 1.807) is 0 Å². The summed E-state index contributed by atoms with van der Waals surface area (Å²) in [4.78, 5) is 2.41. The van der Waals surface area contributed by atoms with Gasteiger partial charge in [0.15, 0.2) is 0 Å². The first kappa shape index (κ1) is 29.9. The van der Waals surface area contributed by atoms with E-state index < -0.39 is 0 Å². The summed E-state index contributed by atoms with van der Waals surface area (Å²) in [5.74, 6) is 0. The van der Waals surface area contributed by atoms with Crippen molar-refractivity contribution in [2.24, 2.45) is 0 Å². The molecule has 3 heteroatoms. The normalized spacial score (nSPS) is 11.5. The predicted molar refractivity (Wildman–Crippen MR) is 223 cm³/mol. The molecule has 0 amide bonds. The van der Waals surface area contributed by atoms with Gasteiger partial charge in [0.1, 0.15) is 0 Å². The van der Waals surface area contributed by atoms with Gasteiger partial charge in [-0.3, -0.25) is 0 Å². The van der Waals surface area contributed by atoms with Crippen molar-refractivity contribution in [3.05, 3.63) is 188 Å². The Morgan fingerprint density at radius 2 is 0.745 bits per heavy atom. The average molecular weight is 686 g/mol. The van der Waals surface area contributed by atoms with Crippen LogP contribution in [-0.4, -0.2) is 0 Å². The third-order valence-electron chi connectivity index (χ3n) is 9.91. The lowest BCUT2D eigenvalue weighted by Crippen LogP contribution is -2.10. The molecule has 2 aromatic heterocycles. The Morgan fingerprint density at radius 3 is 1.39 bits per heavy atom. The van der Waals surface area contributed by atoms with Crippen LogP contribution in [0.25, 0.3) is 73.7 Å². The van der Waals surface area contributed by atoms with E-state index in [0.717, 1.165) is 11.4 Å². The van der Waals surface area contributed by atoms with E-state index in [-0.39, 0.29) is 0 Å². The van der Waals surface area contributed by atoms with E-state index >= 15 is 0 Å². The molecule has 0 radical (unpaired) electrons. The SMILES string of the molecule is c1ccc(-c2ccc(N(c3ccc(-c4ccc(-c5ccc6sc7ccccc7c6c5)cc4)cc3)c3cccc4c3sc3ccccc34)cc2)cc1. The molecule has 1 nitrogen and oxygen atoms in total. The van der Waals surface area contributed by atoms with Crippen LogP contribution in [-0.2, 0) is 0 Å². The first-order valence-electron chi connectivity index (χ1n) is 17.2. The summed E-state index contributed by atoms with van der Waals surface area (Å²) in [5.41, 5.74) is 10.8. The summed E-state index contributed by atoms with van der Waals surface area (Å²) in [6, 6.07) is 68.6. The van der Waals surface area contributed by atoms with Crippen LogP contribution in [0.5, 0.6) is 0 Å². The first-order valence-corrected chi connectivity index (χ1v) is 18.9. The second-order valence-electron chi connectivity index (χ2n) is 12.9.